The molecule has 15 heavy (non-hydrogen) atoms. The van der Waals surface area contributed by atoms with Gasteiger partial charge in [0.2, 0.25) is 0 Å². The average molecular weight is 217 g/mol. The van der Waals surface area contributed by atoms with Crippen molar-refractivity contribution in [2.45, 2.75) is 12.3 Å². The van der Waals surface area contributed by atoms with E-state index < -0.39 is 12.3 Å². The lowest BCUT2D eigenvalue weighted by Gasteiger charge is -2.19. The number of methoxy groups -OCH3 is 1. The quantitative estimate of drug-likeness (QED) is 0.535. The Morgan fingerprint density at radius 3 is 2.33 bits per heavy atom. The van der Waals surface area contributed by atoms with Crippen molar-refractivity contribution in [3.05, 3.63) is 36.5 Å². The summed E-state index contributed by atoms with van der Waals surface area (Å²) in [5, 5.41) is 8.39. The third kappa shape index (κ3) is 4.00. The van der Waals surface area contributed by atoms with Crippen molar-refractivity contribution in [3.8, 4) is 6.07 Å². The Labute approximate surface area is 86.0 Å². The van der Waals surface area contributed by atoms with Gasteiger partial charge in [0.25, 0.3) is 0 Å². The topological polar surface area (TPSA) is 33.0 Å². The standard InChI is InChI=1S/C10H10F3NO/c1-4-8(5-7(2)6-14)9(15-3)10(11,12)13/h4-5,9H,1-2H2,3H3/b8-5+. The molecule has 0 saturated heterocycles. The van der Waals surface area contributed by atoms with E-state index in [0.29, 0.717) is 0 Å². The lowest BCUT2D eigenvalue weighted by molar-refractivity contribution is -0.198. The van der Waals surface area contributed by atoms with Gasteiger partial charge in [-0.2, -0.15) is 18.4 Å². The first-order chi connectivity index (χ1) is 6.86. The fourth-order valence-corrected chi connectivity index (χ4v) is 0.934. The molecule has 2 nitrogen and oxygen atoms in total. The molecule has 1 atom stereocenters. The Morgan fingerprint density at radius 1 is 1.53 bits per heavy atom. The second-order valence-electron chi connectivity index (χ2n) is 2.64. The number of allylic oxidation sites excluding steroid dienone is 2. The molecule has 0 aliphatic heterocycles. The number of hydrogen-bond acceptors (Lipinski definition) is 2. The SMILES string of the molecule is C=C/C(=C\C(=C)C#N)C(OC)C(F)(F)F. The summed E-state index contributed by atoms with van der Waals surface area (Å²) in [5.41, 5.74) is -0.326. The van der Waals surface area contributed by atoms with Gasteiger partial charge in [0.05, 0.1) is 6.07 Å². The molecule has 0 amide bonds. The van der Waals surface area contributed by atoms with Crippen molar-refractivity contribution in [3.63, 3.8) is 0 Å². The molecular formula is C10H10F3NO. The molecule has 82 valence electrons. The van der Waals surface area contributed by atoms with Crippen LogP contribution >= 0.6 is 0 Å². The van der Waals surface area contributed by atoms with Crippen LogP contribution in [0.4, 0.5) is 13.2 Å². The minimum Gasteiger partial charge on any atom is -0.367 e. The molecule has 0 N–H and O–H groups in total. The second-order valence-corrected chi connectivity index (χ2v) is 2.64. The van der Waals surface area contributed by atoms with Crippen LogP contribution in [0.2, 0.25) is 0 Å². The zero-order chi connectivity index (χ0) is 12.1. The zero-order valence-corrected chi connectivity index (χ0v) is 8.14. The van der Waals surface area contributed by atoms with Gasteiger partial charge in [0.15, 0.2) is 6.10 Å². The highest BCUT2D eigenvalue weighted by molar-refractivity contribution is 5.38. The van der Waals surface area contributed by atoms with Gasteiger partial charge in [-0.15, -0.1) is 0 Å². The van der Waals surface area contributed by atoms with E-state index in [9.17, 15) is 13.2 Å². The van der Waals surface area contributed by atoms with Crippen LogP contribution in [0.1, 0.15) is 0 Å². The van der Waals surface area contributed by atoms with Gasteiger partial charge in [-0.05, 0) is 11.6 Å². The predicted molar refractivity (Wildman–Crippen MR) is 49.9 cm³/mol. The summed E-state index contributed by atoms with van der Waals surface area (Å²) in [6, 6.07) is 1.62. The Balaban J connectivity index is 5.12. The third-order valence-corrected chi connectivity index (χ3v) is 1.56. The van der Waals surface area contributed by atoms with Crippen molar-refractivity contribution in [2.75, 3.05) is 7.11 Å². The molecule has 0 aliphatic carbocycles. The number of nitrogens with zero attached hydrogens (tertiary/aromatic N) is 1. The van der Waals surface area contributed by atoms with E-state index in [0.717, 1.165) is 19.3 Å². The number of halogens is 3. The van der Waals surface area contributed by atoms with E-state index in [-0.39, 0.29) is 11.1 Å². The van der Waals surface area contributed by atoms with Crippen LogP contribution < -0.4 is 0 Å². The molecule has 0 aromatic heterocycles. The summed E-state index contributed by atoms with van der Waals surface area (Å²) < 4.78 is 41.5. The summed E-state index contributed by atoms with van der Waals surface area (Å²) in [7, 11) is 0.935. The summed E-state index contributed by atoms with van der Waals surface area (Å²) in [4.78, 5) is 0. The maximum absolute atomic E-state index is 12.4. The minimum absolute atomic E-state index is 0.0869. The highest BCUT2D eigenvalue weighted by Gasteiger charge is 2.41. The van der Waals surface area contributed by atoms with Crippen molar-refractivity contribution in [1.82, 2.24) is 0 Å². The van der Waals surface area contributed by atoms with Gasteiger partial charge >= 0.3 is 6.18 Å². The molecule has 5 heteroatoms. The normalized spacial score (nSPS) is 14.2. The van der Waals surface area contributed by atoms with Gasteiger partial charge in [0.1, 0.15) is 0 Å². The summed E-state index contributed by atoms with van der Waals surface area (Å²) >= 11 is 0. The Hall–Kier alpha value is -1.54. The number of hydrogen-bond donors (Lipinski definition) is 0. The van der Waals surface area contributed by atoms with E-state index in [1.54, 1.807) is 6.07 Å². The fraction of sp³-hybridized carbons (Fsp3) is 0.300. The molecule has 0 rings (SSSR count). The van der Waals surface area contributed by atoms with Gasteiger partial charge < -0.3 is 4.74 Å². The van der Waals surface area contributed by atoms with Crippen LogP contribution in [0.3, 0.4) is 0 Å². The Morgan fingerprint density at radius 2 is 2.07 bits per heavy atom. The minimum atomic E-state index is -4.54. The Bertz CT molecular complexity index is 323. The van der Waals surface area contributed by atoms with E-state index >= 15 is 0 Å². The maximum atomic E-state index is 12.4. The first-order valence-electron chi connectivity index (χ1n) is 3.89. The largest absolute Gasteiger partial charge is 0.418 e. The van der Waals surface area contributed by atoms with Crippen molar-refractivity contribution < 1.29 is 17.9 Å². The van der Waals surface area contributed by atoms with E-state index in [1.807, 2.05) is 0 Å². The monoisotopic (exact) mass is 217 g/mol. The molecule has 0 bridgehead atoms. The summed E-state index contributed by atoms with van der Waals surface area (Å²) in [6.45, 7) is 6.48. The molecule has 0 spiro atoms. The maximum Gasteiger partial charge on any atom is 0.418 e. The Kier molecular flexibility index (Phi) is 4.82. The van der Waals surface area contributed by atoms with E-state index in [4.69, 9.17) is 5.26 Å². The second kappa shape index (κ2) is 5.37. The first kappa shape index (κ1) is 13.5. The van der Waals surface area contributed by atoms with Crippen LogP contribution in [0.15, 0.2) is 36.5 Å². The van der Waals surface area contributed by atoms with Crippen LogP contribution in [0.5, 0.6) is 0 Å². The third-order valence-electron chi connectivity index (χ3n) is 1.56. The van der Waals surface area contributed by atoms with Crippen LogP contribution in [0, 0.1) is 11.3 Å². The smallest absolute Gasteiger partial charge is 0.367 e. The molecule has 0 saturated carbocycles. The van der Waals surface area contributed by atoms with Crippen molar-refractivity contribution in [1.29, 1.82) is 5.26 Å². The van der Waals surface area contributed by atoms with Crippen LogP contribution in [-0.2, 0) is 4.74 Å². The number of alkyl halides is 3. The molecule has 1 unspecified atom stereocenters. The highest BCUT2D eigenvalue weighted by atomic mass is 19.4. The molecule has 0 radical (unpaired) electrons. The van der Waals surface area contributed by atoms with Gasteiger partial charge in [-0.25, -0.2) is 0 Å². The van der Waals surface area contributed by atoms with Crippen LogP contribution in [0.25, 0.3) is 0 Å². The van der Waals surface area contributed by atoms with E-state index in [1.165, 1.54) is 0 Å². The average Bonchev–Trinajstić information content (AvgIpc) is 2.14. The predicted octanol–water partition coefficient (Wildman–Crippen LogP) is 2.76. The van der Waals surface area contributed by atoms with Crippen molar-refractivity contribution in [2.24, 2.45) is 0 Å². The lowest BCUT2D eigenvalue weighted by atomic mass is 10.1. The van der Waals surface area contributed by atoms with Gasteiger partial charge in [-0.1, -0.05) is 19.2 Å². The van der Waals surface area contributed by atoms with Crippen LogP contribution in [-0.4, -0.2) is 19.4 Å². The molecule has 0 heterocycles. The summed E-state index contributed by atoms with van der Waals surface area (Å²) in [6.07, 6.45) is -4.64. The van der Waals surface area contributed by atoms with Gasteiger partial charge in [0, 0.05) is 12.7 Å². The number of ether oxygens (including phenoxy) is 1. The summed E-state index contributed by atoms with van der Waals surface area (Å²) in [5.74, 6) is 0. The molecule has 0 fully saturated rings. The van der Waals surface area contributed by atoms with Crippen molar-refractivity contribution >= 4 is 0 Å². The first-order valence-corrected chi connectivity index (χ1v) is 3.89. The fourth-order valence-electron chi connectivity index (χ4n) is 0.934. The number of nitriles is 1. The lowest BCUT2D eigenvalue weighted by Crippen LogP contribution is -2.32. The molecular weight excluding hydrogens is 207 g/mol. The molecule has 0 aromatic carbocycles. The molecule has 0 aliphatic rings. The highest BCUT2D eigenvalue weighted by Crippen LogP contribution is 2.28. The van der Waals surface area contributed by atoms with Gasteiger partial charge in [-0.3, -0.25) is 0 Å². The molecule has 0 aromatic rings. The zero-order valence-electron chi connectivity index (χ0n) is 8.14. The number of rotatable bonds is 4. The van der Waals surface area contributed by atoms with E-state index in [2.05, 4.69) is 17.9 Å².